The molecular formula is C17H21Cl2F3N2OS. The molecule has 3 nitrogen and oxygen atoms in total. The molecule has 1 fully saturated rings. The van der Waals surface area contributed by atoms with Crippen molar-refractivity contribution in [3.63, 3.8) is 0 Å². The molecule has 9 heteroatoms. The molecule has 2 heterocycles. The number of thiophene rings is 1. The number of halogens is 5. The minimum atomic E-state index is -4.66. The van der Waals surface area contributed by atoms with E-state index in [-0.39, 0.29) is 36.6 Å². The van der Waals surface area contributed by atoms with E-state index in [1.807, 2.05) is 0 Å². The van der Waals surface area contributed by atoms with Crippen LogP contribution in [0.5, 0.6) is 5.75 Å². The second-order valence-corrected chi connectivity index (χ2v) is 6.72. The summed E-state index contributed by atoms with van der Waals surface area (Å²) in [5, 5.41) is 5.39. The third kappa shape index (κ3) is 5.76. The average Bonchev–Trinajstić information content (AvgIpc) is 2.95. The van der Waals surface area contributed by atoms with Crippen molar-refractivity contribution in [1.29, 1.82) is 0 Å². The van der Waals surface area contributed by atoms with E-state index in [9.17, 15) is 13.2 Å². The molecule has 0 spiro atoms. The van der Waals surface area contributed by atoms with Gasteiger partial charge in [-0.05, 0) is 41.6 Å². The number of hydrogen-bond acceptors (Lipinski definition) is 4. The fourth-order valence-corrected chi connectivity index (χ4v) is 4.07. The SMILES string of the molecule is Cc1ccsc1[C@@H](c1ccc(OC(F)(F)F)cc1)N1CCNCC1.Cl.Cl. The lowest BCUT2D eigenvalue weighted by Crippen LogP contribution is -2.45. The Morgan fingerprint density at radius 2 is 1.69 bits per heavy atom. The molecule has 2 aromatic rings. The van der Waals surface area contributed by atoms with Gasteiger partial charge in [-0.1, -0.05) is 12.1 Å². The number of hydrogen-bond donors (Lipinski definition) is 1. The number of aryl methyl sites for hydroxylation is 1. The highest BCUT2D eigenvalue weighted by Gasteiger charge is 2.31. The van der Waals surface area contributed by atoms with Crippen LogP contribution in [0.25, 0.3) is 0 Å². The van der Waals surface area contributed by atoms with Crippen LogP contribution >= 0.6 is 36.2 Å². The lowest BCUT2D eigenvalue weighted by molar-refractivity contribution is -0.274. The molecule has 146 valence electrons. The number of ether oxygens (including phenoxy) is 1. The predicted octanol–water partition coefficient (Wildman–Crippen LogP) is 4.79. The maximum absolute atomic E-state index is 12.3. The van der Waals surface area contributed by atoms with Gasteiger partial charge >= 0.3 is 6.36 Å². The van der Waals surface area contributed by atoms with E-state index in [2.05, 4.69) is 33.3 Å². The molecule has 1 atom stereocenters. The molecule has 1 aliphatic rings. The number of benzene rings is 1. The summed E-state index contributed by atoms with van der Waals surface area (Å²) in [7, 11) is 0. The normalized spacial score (nSPS) is 16.3. The van der Waals surface area contributed by atoms with Crippen LogP contribution in [0.15, 0.2) is 35.7 Å². The van der Waals surface area contributed by atoms with Crippen LogP contribution in [0.4, 0.5) is 13.2 Å². The summed E-state index contributed by atoms with van der Waals surface area (Å²) in [6.07, 6.45) is -4.66. The molecule has 1 aliphatic heterocycles. The Bertz CT molecular complexity index is 673. The fraction of sp³-hybridized carbons (Fsp3) is 0.412. The van der Waals surface area contributed by atoms with Crippen molar-refractivity contribution in [1.82, 2.24) is 10.2 Å². The number of alkyl halides is 3. The minimum absolute atomic E-state index is 0. The first-order valence-electron chi connectivity index (χ1n) is 7.78. The van der Waals surface area contributed by atoms with Crippen molar-refractivity contribution in [2.45, 2.75) is 19.3 Å². The Labute approximate surface area is 167 Å². The van der Waals surface area contributed by atoms with E-state index in [0.717, 1.165) is 31.7 Å². The van der Waals surface area contributed by atoms with Gasteiger partial charge in [0, 0.05) is 31.1 Å². The van der Waals surface area contributed by atoms with Crippen molar-refractivity contribution in [3.8, 4) is 5.75 Å². The fourth-order valence-electron chi connectivity index (χ4n) is 2.98. The molecule has 1 saturated heterocycles. The first-order chi connectivity index (χ1) is 11.4. The van der Waals surface area contributed by atoms with E-state index in [1.54, 1.807) is 23.5 Å². The maximum atomic E-state index is 12.3. The summed E-state index contributed by atoms with van der Waals surface area (Å²) in [5.74, 6) is -0.187. The van der Waals surface area contributed by atoms with Gasteiger partial charge < -0.3 is 10.1 Å². The highest BCUT2D eigenvalue weighted by Crippen LogP contribution is 2.35. The van der Waals surface area contributed by atoms with Gasteiger partial charge in [0.1, 0.15) is 5.75 Å². The lowest BCUT2D eigenvalue weighted by atomic mass is 10.0. The van der Waals surface area contributed by atoms with E-state index in [1.165, 1.54) is 22.6 Å². The molecule has 0 bridgehead atoms. The van der Waals surface area contributed by atoms with Gasteiger partial charge in [0.05, 0.1) is 6.04 Å². The third-order valence-corrected chi connectivity index (χ3v) is 5.17. The lowest BCUT2D eigenvalue weighted by Gasteiger charge is -2.35. The van der Waals surface area contributed by atoms with Crippen LogP contribution in [0.3, 0.4) is 0 Å². The molecular weight excluding hydrogens is 408 g/mol. The summed E-state index contributed by atoms with van der Waals surface area (Å²) in [4.78, 5) is 3.61. The van der Waals surface area contributed by atoms with Gasteiger partial charge in [-0.2, -0.15) is 0 Å². The van der Waals surface area contributed by atoms with Crippen molar-refractivity contribution in [3.05, 3.63) is 51.7 Å². The molecule has 0 amide bonds. The van der Waals surface area contributed by atoms with Crippen molar-refractivity contribution in [2.75, 3.05) is 26.2 Å². The number of nitrogens with zero attached hydrogens (tertiary/aromatic N) is 1. The van der Waals surface area contributed by atoms with Crippen LogP contribution in [0, 0.1) is 6.92 Å². The highest BCUT2D eigenvalue weighted by atomic mass is 35.5. The van der Waals surface area contributed by atoms with Gasteiger partial charge in [0.15, 0.2) is 0 Å². The standard InChI is InChI=1S/C17H19F3N2OS.2ClH/c1-12-6-11-24-16(12)15(22-9-7-21-8-10-22)13-2-4-14(5-3-13)23-17(18,19)20;;/h2-6,11,15,21H,7-10H2,1H3;2*1H/t15-;;/m1../s1. The quantitative estimate of drug-likeness (QED) is 0.756. The Hall–Kier alpha value is -0.990. The Balaban J connectivity index is 0.00000169. The monoisotopic (exact) mass is 428 g/mol. The second kappa shape index (κ2) is 9.80. The number of rotatable bonds is 4. The molecule has 26 heavy (non-hydrogen) atoms. The van der Waals surface area contributed by atoms with E-state index >= 15 is 0 Å². The maximum Gasteiger partial charge on any atom is 0.573 e. The zero-order valence-corrected chi connectivity index (χ0v) is 16.5. The van der Waals surface area contributed by atoms with Crippen LogP contribution in [0.1, 0.15) is 22.0 Å². The molecule has 1 aromatic carbocycles. The number of piperazine rings is 1. The Morgan fingerprint density at radius 3 is 2.19 bits per heavy atom. The zero-order valence-electron chi connectivity index (χ0n) is 14.1. The molecule has 1 aromatic heterocycles. The van der Waals surface area contributed by atoms with Gasteiger partial charge in [-0.3, -0.25) is 4.90 Å². The highest BCUT2D eigenvalue weighted by molar-refractivity contribution is 7.10. The van der Waals surface area contributed by atoms with E-state index in [4.69, 9.17) is 0 Å². The summed E-state index contributed by atoms with van der Waals surface area (Å²) in [6, 6.07) is 8.38. The molecule has 0 aliphatic carbocycles. The van der Waals surface area contributed by atoms with Crippen LogP contribution in [0.2, 0.25) is 0 Å². The first-order valence-corrected chi connectivity index (χ1v) is 8.66. The zero-order chi connectivity index (χ0) is 17.2. The molecule has 3 rings (SSSR count). The Morgan fingerprint density at radius 1 is 1.08 bits per heavy atom. The summed E-state index contributed by atoms with van der Waals surface area (Å²) in [6.45, 7) is 5.71. The van der Waals surface area contributed by atoms with E-state index in [0.29, 0.717) is 0 Å². The van der Waals surface area contributed by atoms with Gasteiger partial charge in [-0.15, -0.1) is 49.3 Å². The van der Waals surface area contributed by atoms with Crippen molar-refractivity contribution >= 4 is 36.2 Å². The smallest absolute Gasteiger partial charge is 0.406 e. The molecule has 0 radical (unpaired) electrons. The third-order valence-electron chi connectivity index (χ3n) is 4.10. The van der Waals surface area contributed by atoms with Crippen LogP contribution in [-0.2, 0) is 0 Å². The van der Waals surface area contributed by atoms with Gasteiger partial charge in [-0.25, -0.2) is 0 Å². The van der Waals surface area contributed by atoms with Crippen molar-refractivity contribution < 1.29 is 17.9 Å². The van der Waals surface area contributed by atoms with Crippen LogP contribution < -0.4 is 10.1 Å². The first kappa shape index (κ1) is 23.0. The Kier molecular flexibility index (Phi) is 8.69. The molecule has 0 saturated carbocycles. The summed E-state index contributed by atoms with van der Waals surface area (Å²) in [5.41, 5.74) is 2.19. The van der Waals surface area contributed by atoms with Gasteiger partial charge in [0.25, 0.3) is 0 Å². The van der Waals surface area contributed by atoms with E-state index < -0.39 is 6.36 Å². The number of nitrogens with one attached hydrogen (secondary N) is 1. The molecule has 1 N–H and O–H groups in total. The molecule has 0 unspecified atom stereocenters. The average molecular weight is 429 g/mol. The summed E-state index contributed by atoms with van der Waals surface area (Å²) < 4.78 is 41.0. The summed E-state index contributed by atoms with van der Waals surface area (Å²) >= 11 is 1.69. The van der Waals surface area contributed by atoms with Crippen molar-refractivity contribution in [2.24, 2.45) is 0 Å². The minimum Gasteiger partial charge on any atom is -0.406 e. The van der Waals surface area contributed by atoms with Crippen LogP contribution in [-0.4, -0.2) is 37.4 Å². The second-order valence-electron chi connectivity index (χ2n) is 5.77. The van der Waals surface area contributed by atoms with Gasteiger partial charge in [0.2, 0.25) is 0 Å². The topological polar surface area (TPSA) is 24.5 Å². The predicted molar refractivity (Wildman–Crippen MR) is 103 cm³/mol. The largest absolute Gasteiger partial charge is 0.573 e.